The van der Waals surface area contributed by atoms with Crippen molar-refractivity contribution in [2.75, 3.05) is 12.0 Å². The van der Waals surface area contributed by atoms with E-state index >= 15 is 0 Å². The summed E-state index contributed by atoms with van der Waals surface area (Å²) in [4.78, 5) is 27.1. The highest BCUT2D eigenvalue weighted by atomic mass is 32.1. The molecule has 0 aliphatic heterocycles. The Bertz CT molecular complexity index is 623. The standard InChI is InChI=1S/C17H26BNO5S/c1-10(2)19(16(20)12-7-5-11(3)6-8-12)13-9-14(18(22)23)25-15(13)17(21)24-4/h9-12,22-23H,5-8H2,1-4H3. The predicted octanol–water partition coefficient (Wildman–Crippen LogP) is 1.78. The number of hydrogen-bond acceptors (Lipinski definition) is 6. The molecule has 0 spiro atoms. The van der Waals surface area contributed by atoms with Crippen molar-refractivity contribution in [3.63, 3.8) is 0 Å². The summed E-state index contributed by atoms with van der Waals surface area (Å²) in [6.07, 6.45) is 3.74. The summed E-state index contributed by atoms with van der Waals surface area (Å²) in [5, 5.41) is 18.9. The van der Waals surface area contributed by atoms with Crippen LogP contribution in [0.1, 0.15) is 56.1 Å². The number of rotatable bonds is 5. The number of nitrogens with zero attached hydrogens (tertiary/aromatic N) is 1. The molecule has 2 rings (SSSR count). The van der Waals surface area contributed by atoms with E-state index in [1.54, 1.807) is 4.90 Å². The van der Waals surface area contributed by atoms with E-state index in [-0.39, 0.29) is 27.5 Å². The lowest BCUT2D eigenvalue weighted by molar-refractivity contribution is -0.123. The summed E-state index contributed by atoms with van der Waals surface area (Å²) in [5.41, 5.74) is 0.401. The van der Waals surface area contributed by atoms with Crippen molar-refractivity contribution in [3.8, 4) is 0 Å². The van der Waals surface area contributed by atoms with E-state index in [0.717, 1.165) is 37.0 Å². The fourth-order valence-electron chi connectivity index (χ4n) is 3.30. The van der Waals surface area contributed by atoms with Gasteiger partial charge in [0.2, 0.25) is 5.91 Å². The number of thiophene rings is 1. The zero-order valence-corrected chi connectivity index (χ0v) is 16.0. The summed E-state index contributed by atoms with van der Waals surface area (Å²) in [6.45, 7) is 5.97. The van der Waals surface area contributed by atoms with E-state index in [0.29, 0.717) is 11.6 Å². The molecule has 1 saturated carbocycles. The molecule has 0 aromatic carbocycles. The van der Waals surface area contributed by atoms with E-state index in [1.165, 1.54) is 13.2 Å². The molecule has 0 bridgehead atoms. The number of carbonyl (C=O) groups excluding carboxylic acids is 2. The minimum absolute atomic E-state index is 0.0103. The van der Waals surface area contributed by atoms with E-state index < -0.39 is 13.1 Å². The zero-order chi connectivity index (χ0) is 18.7. The van der Waals surface area contributed by atoms with E-state index in [9.17, 15) is 19.6 Å². The van der Waals surface area contributed by atoms with Gasteiger partial charge in [-0.15, -0.1) is 11.3 Å². The minimum atomic E-state index is -1.69. The van der Waals surface area contributed by atoms with Gasteiger partial charge in [-0.2, -0.15) is 0 Å². The maximum absolute atomic E-state index is 13.1. The quantitative estimate of drug-likeness (QED) is 0.612. The molecule has 6 nitrogen and oxygen atoms in total. The molecule has 1 aromatic heterocycles. The third-order valence-electron chi connectivity index (χ3n) is 4.74. The van der Waals surface area contributed by atoms with Gasteiger partial charge in [0, 0.05) is 16.7 Å². The fourth-order valence-corrected chi connectivity index (χ4v) is 4.24. The largest absolute Gasteiger partial charge is 0.499 e. The molecule has 1 heterocycles. The van der Waals surface area contributed by atoms with Crippen molar-refractivity contribution in [1.29, 1.82) is 0 Å². The Kier molecular flexibility index (Phi) is 6.65. The van der Waals surface area contributed by atoms with Crippen molar-refractivity contribution in [3.05, 3.63) is 10.9 Å². The van der Waals surface area contributed by atoms with Crippen molar-refractivity contribution in [2.45, 2.75) is 52.5 Å². The normalized spacial score (nSPS) is 20.4. The highest BCUT2D eigenvalue weighted by Crippen LogP contribution is 2.34. The van der Waals surface area contributed by atoms with Crippen LogP contribution in [-0.2, 0) is 9.53 Å². The lowest BCUT2D eigenvalue weighted by Crippen LogP contribution is -2.42. The summed E-state index contributed by atoms with van der Waals surface area (Å²) < 4.78 is 5.02. The minimum Gasteiger partial charge on any atom is -0.465 e. The van der Waals surface area contributed by atoms with Crippen LogP contribution in [-0.4, -0.2) is 42.2 Å². The van der Waals surface area contributed by atoms with Crippen molar-refractivity contribution >= 4 is 40.8 Å². The molecule has 1 aliphatic rings. The van der Waals surface area contributed by atoms with Gasteiger partial charge in [-0.3, -0.25) is 4.79 Å². The SMILES string of the molecule is COC(=O)c1sc(B(O)O)cc1N(C(=O)C1CCC(C)CC1)C(C)C. The molecule has 1 aromatic rings. The summed E-state index contributed by atoms with van der Waals surface area (Å²) >= 11 is 0.942. The van der Waals surface area contributed by atoms with Crippen LogP contribution >= 0.6 is 11.3 Å². The van der Waals surface area contributed by atoms with Gasteiger partial charge in [0.1, 0.15) is 4.88 Å². The van der Waals surface area contributed by atoms with Crippen LogP contribution < -0.4 is 9.68 Å². The second-order valence-electron chi connectivity index (χ2n) is 6.99. The van der Waals surface area contributed by atoms with E-state index in [4.69, 9.17) is 4.74 Å². The van der Waals surface area contributed by atoms with Crippen LogP contribution in [0, 0.1) is 11.8 Å². The maximum Gasteiger partial charge on any atom is 0.499 e. The molecule has 138 valence electrons. The Morgan fingerprint density at radius 3 is 2.36 bits per heavy atom. The number of anilines is 1. The number of methoxy groups -OCH3 is 1. The van der Waals surface area contributed by atoms with Gasteiger partial charge in [-0.25, -0.2) is 4.79 Å². The van der Waals surface area contributed by atoms with Crippen LogP contribution in [0.2, 0.25) is 0 Å². The van der Waals surface area contributed by atoms with Crippen molar-refractivity contribution in [1.82, 2.24) is 0 Å². The molecule has 0 unspecified atom stereocenters. The topological polar surface area (TPSA) is 87.1 Å². The maximum atomic E-state index is 13.1. The van der Waals surface area contributed by atoms with Gasteiger partial charge in [-0.1, -0.05) is 6.92 Å². The van der Waals surface area contributed by atoms with Crippen LogP contribution in [0.15, 0.2) is 6.07 Å². The molecule has 25 heavy (non-hydrogen) atoms. The van der Waals surface area contributed by atoms with Crippen LogP contribution in [0.3, 0.4) is 0 Å². The Hall–Kier alpha value is -1.38. The van der Waals surface area contributed by atoms with Gasteiger partial charge in [0.15, 0.2) is 0 Å². The van der Waals surface area contributed by atoms with Crippen molar-refractivity contribution < 1.29 is 24.4 Å². The van der Waals surface area contributed by atoms with Crippen LogP contribution in [0.4, 0.5) is 5.69 Å². The van der Waals surface area contributed by atoms with E-state index in [2.05, 4.69) is 6.92 Å². The summed E-state index contributed by atoms with van der Waals surface area (Å²) in [5.74, 6) is -0.0163. The second-order valence-corrected chi connectivity index (χ2v) is 8.07. The molecular weight excluding hydrogens is 341 g/mol. The number of esters is 1. The molecular formula is C17H26BNO5S. The van der Waals surface area contributed by atoms with Crippen molar-refractivity contribution in [2.24, 2.45) is 11.8 Å². The summed E-state index contributed by atoms with van der Waals surface area (Å²) in [6, 6.07) is 1.35. The Morgan fingerprint density at radius 2 is 1.88 bits per heavy atom. The van der Waals surface area contributed by atoms with Gasteiger partial charge in [0.25, 0.3) is 0 Å². The molecule has 0 radical (unpaired) electrons. The Morgan fingerprint density at radius 1 is 1.28 bits per heavy atom. The molecule has 2 N–H and O–H groups in total. The average Bonchev–Trinajstić information content (AvgIpc) is 2.99. The molecule has 0 saturated heterocycles. The monoisotopic (exact) mass is 367 g/mol. The Balaban J connectivity index is 2.39. The van der Waals surface area contributed by atoms with Gasteiger partial charge in [-0.05, 0) is 51.5 Å². The molecule has 1 aliphatic carbocycles. The number of carbonyl (C=O) groups is 2. The lowest BCUT2D eigenvalue weighted by atomic mass is 9.82. The van der Waals surface area contributed by atoms with Crippen LogP contribution in [0.5, 0.6) is 0 Å². The Labute approximate surface area is 152 Å². The number of hydrogen-bond donors (Lipinski definition) is 2. The highest BCUT2D eigenvalue weighted by Gasteiger charge is 2.34. The first-order valence-corrected chi connectivity index (χ1v) is 9.49. The third-order valence-corrected chi connectivity index (χ3v) is 5.88. The molecule has 1 fully saturated rings. The third kappa shape index (κ3) is 4.43. The smallest absolute Gasteiger partial charge is 0.465 e. The first-order valence-electron chi connectivity index (χ1n) is 8.67. The summed E-state index contributed by atoms with van der Waals surface area (Å²) in [7, 11) is -0.424. The second kappa shape index (κ2) is 8.34. The number of amides is 1. The van der Waals surface area contributed by atoms with Gasteiger partial charge >= 0.3 is 13.1 Å². The fraction of sp³-hybridized carbons (Fsp3) is 0.647. The van der Waals surface area contributed by atoms with Crippen LogP contribution in [0.25, 0.3) is 0 Å². The molecule has 1 amide bonds. The molecule has 0 atom stereocenters. The highest BCUT2D eigenvalue weighted by molar-refractivity contribution is 7.24. The van der Waals surface area contributed by atoms with Gasteiger partial charge < -0.3 is 19.7 Å². The average molecular weight is 367 g/mol. The predicted molar refractivity (Wildman–Crippen MR) is 99.2 cm³/mol. The number of ether oxygens (including phenoxy) is 1. The zero-order valence-electron chi connectivity index (χ0n) is 15.2. The van der Waals surface area contributed by atoms with Gasteiger partial charge in [0.05, 0.1) is 12.8 Å². The lowest BCUT2D eigenvalue weighted by Gasteiger charge is -2.33. The first-order chi connectivity index (χ1) is 11.8. The molecule has 8 heteroatoms. The first kappa shape index (κ1) is 19.9. The van der Waals surface area contributed by atoms with E-state index in [1.807, 2.05) is 13.8 Å².